The van der Waals surface area contributed by atoms with Crippen molar-refractivity contribution in [3.8, 4) is 0 Å². The molecular weight excluding hydrogens is 228 g/mol. The smallest absolute Gasteiger partial charge is 0.219 e. The molecule has 5 nitrogen and oxygen atoms in total. The van der Waals surface area contributed by atoms with Gasteiger partial charge >= 0.3 is 0 Å². The topological polar surface area (TPSA) is 58.1 Å². The molecule has 98 valence electrons. The summed E-state index contributed by atoms with van der Waals surface area (Å²) in [6.45, 7) is 5.43. The van der Waals surface area contributed by atoms with E-state index in [2.05, 4.69) is 22.2 Å². The molecule has 18 heavy (non-hydrogen) atoms. The van der Waals surface area contributed by atoms with Crippen LogP contribution in [0.25, 0.3) is 0 Å². The zero-order valence-electron chi connectivity index (χ0n) is 11.0. The molecule has 1 aliphatic rings. The van der Waals surface area contributed by atoms with E-state index in [1.165, 1.54) is 0 Å². The molecule has 1 N–H and O–H groups in total. The van der Waals surface area contributed by atoms with Gasteiger partial charge in [-0.05, 0) is 19.8 Å². The lowest BCUT2D eigenvalue weighted by molar-refractivity contribution is -0.129. The van der Waals surface area contributed by atoms with E-state index < -0.39 is 0 Å². The summed E-state index contributed by atoms with van der Waals surface area (Å²) in [6.07, 6.45) is 7.20. The molecule has 0 aliphatic carbocycles. The third-order valence-corrected chi connectivity index (χ3v) is 3.45. The number of carbonyl (C=O) groups is 1. The largest absolute Gasteiger partial charge is 0.343 e. The summed E-state index contributed by atoms with van der Waals surface area (Å²) in [5, 5.41) is 3.55. The minimum atomic E-state index is 0.176. The second-order valence-corrected chi connectivity index (χ2v) is 4.80. The van der Waals surface area contributed by atoms with Crippen LogP contribution in [0.1, 0.15) is 38.4 Å². The zero-order chi connectivity index (χ0) is 13.0. The van der Waals surface area contributed by atoms with E-state index in [4.69, 9.17) is 0 Å². The maximum absolute atomic E-state index is 11.2. The highest BCUT2D eigenvalue weighted by molar-refractivity contribution is 5.73. The van der Waals surface area contributed by atoms with Crippen molar-refractivity contribution in [2.75, 3.05) is 13.1 Å². The van der Waals surface area contributed by atoms with Gasteiger partial charge in [0.05, 0.1) is 5.69 Å². The minimum absolute atomic E-state index is 0.176. The maximum Gasteiger partial charge on any atom is 0.219 e. The molecule has 1 saturated heterocycles. The third-order valence-electron chi connectivity index (χ3n) is 3.45. The first-order valence-corrected chi connectivity index (χ1v) is 6.44. The van der Waals surface area contributed by atoms with Gasteiger partial charge in [0.25, 0.3) is 0 Å². The van der Waals surface area contributed by atoms with E-state index >= 15 is 0 Å². The normalized spacial score (nSPS) is 18.7. The average molecular weight is 248 g/mol. The van der Waals surface area contributed by atoms with Crippen LogP contribution in [0.4, 0.5) is 0 Å². The van der Waals surface area contributed by atoms with E-state index in [-0.39, 0.29) is 11.9 Å². The Labute approximate surface area is 108 Å². The lowest BCUT2D eigenvalue weighted by Gasteiger charge is -2.33. The Morgan fingerprint density at radius 3 is 2.72 bits per heavy atom. The fourth-order valence-corrected chi connectivity index (χ4v) is 2.33. The van der Waals surface area contributed by atoms with Crippen LogP contribution in [0.15, 0.2) is 18.6 Å². The van der Waals surface area contributed by atoms with Crippen LogP contribution >= 0.6 is 0 Å². The molecular formula is C13H20N4O. The number of aromatic nitrogens is 2. The van der Waals surface area contributed by atoms with Crippen molar-refractivity contribution in [2.45, 2.75) is 38.8 Å². The number of nitrogens with zero attached hydrogens (tertiary/aromatic N) is 3. The summed E-state index contributed by atoms with van der Waals surface area (Å²) < 4.78 is 0. The van der Waals surface area contributed by atoms with E-state index in [0.29, 0.717) is 6.04 Å². The number of likely N-dealkylation sites (tertiary alicyclic amines) is 1. The fraction of sp³-hybridized carbons (Fsp3) is 0.615. The SMILES string of the molecule is CC(=O)N1CCC(NC(C)c2cnccn2)CC1. The molecule has 2 heterocycles. The zero-order valence-corrected chi connectivity index (χ0v) is 11.0. The molecule has 1 unspecified atom stereocenters. The quantitative estimate of drug-likeness (QED) is 0.871. The Bertz CT molecular complexity index is 387. The van der Waals surface area contributed by atoms with Crippen LogP contribution < -0.4 is 5.32 Å². The summed E-state index contributed by atoms with van der Waals surface area (Å²) in [7, 11) is 0. The molecule has 0 spiro atoms. The van der Waals surface area contributed by atoms with Crippen molar-refractivity contribution in [3.05, 3.63) is 24.3 Å². The van der Waals surface area contributed by atoms with Crippen molar-refractivity contribution in [2.24, 2.45) is 0 Å². The standard InChI is InChI=1S/C13H20N4O/c1-10(13-9-14-5-6-15-13)16-12-3-7-17(8-4-12)11(2)18/h5-6,9-10,12,16H,3-4,7-8H2,1-2H3. The van der Waals surface area contributed by atoms with E-state index in [1.807, 2.05) is 4.90 Å². The summed E-state index contributed by atoms with van der Waals surface area (Å²) in [4.78, 5) is 21.5. The van der Waals surface area contributed by atoms with Crippen LogP contribution in [0.2, 0.25) is 0 Å². The molecule has 1 aromatic rings. The highest BCUT2D eigenvalue weighted by Crippen LogP contribution is 2.15. The third kappa shape index (κ3) is 3.26. The summed E-state index contributed by atoms with van der Waals surface area (Å²) in [5.41, 5.74) is 0.964. The van der Waals surface area contributed by atoms with Gasteiger partial charge in [0.1, 0.15) is 0 Å². The lowest BCUT2D eigenvalue weighted by atomic mass is 10.0. The fourth-order valence-electron chi connectivity index (χ4n) is 2.33. The summed E-state index contributed by atoms with van der Waals surface area (Å²) >= 11 is 0. The number of rotatable bonds is 3. The van der Waals surface area contributed by atoms with Gasteiger partial charge in [0, 0.05) is 50.7 Å². The van der Waals surface area contributed by atoms with Crippen molar-refractivity contribution < 1.29 is 4.79 Å². The van der Waals surface area contributed by atoms with Crippen LogP contribution in [-0.2, 0) is 4.79 Å². The van der Waals surface area contributed by atoms with Gasteiger partial charge in [-0.2, -0.15) is 0 Å². The number of hydrogen-bond donors (Lipinski definition) is 1. The lowest BCUT2D eigenvalue weighted by Crippen LogP contribution is -2.44. The summed E-state index contributed by atoms with van der Waals surface area (Å²) in [5.74, 6) is 0.176. The predicted molar refractivity (Wildman–Crippen MR) is 68.9 cm³/mol. The summed E-state index contributed by atoms with van der Waals surface area (Å²) in [6, 6.07) is 0.658. The van der Waals surface area contributed by atoms with Gasteiger partial charge in [-0.3, -0.25) is 14.8 Å². The highest BCUT2D eigenvalue weighted by atomic mass is 16.2. The molecule has 0 aromatic carbocycles. The monoisotopic (exact) mass is 248 g/mol. The van der Waals surface area contributed by atoms with Crippen LogP contribution in [-0.4, -0.2) is 39.9 Å². The molecule has 1 fully saturated rings. The number of nitrogens with one attached hydrogen (secondary N) is 1. The molecule has 1 aromatic heterocycles. The van der Waals surface area contributed by atoms with E-state index in [0.717, 1.165) is 31.6 Å². The van der Waals surface area contributed by atoms with Crippen LogP contribution in [0.3, 0.4) is 0 Å². The first kappa shape index (κ1) is 13.0. The minimum Gasteiger partial charge on any atom is -0.343 e. The van der Waals surface area contributed by atoms with Gasteiger partial charge in [0.2, 0.25) is 5.91 Å². The predicted octanol–water partition coefficient (Wildman–Crippen LogP) is 1.14. The highest BCUT2D eigenvalue weighted by Gasteiger charge is 2.22. The van der Waals surface area contributed by atoms with Gasteiger partial charge in [-0.15, -0.1) is 0 Å². The Balaban J connectivity index is 1.83. The van der Waals surface area contributed by atoms with Crippen molar-refractivity contribution in [1.29, 1.82) is 0 Å². The number of hydrogen-bond acceptors (Lipinski definition) is 4. The molecule has 2 rings (SSSR count). The Morgan fingerprint density at radius 2 is 2.17 bits per heavy atom. The van der Waals surface area contributed by atoms with Gasteiger partial charge in [-0.25, -0.2) is 0 Å². The average Bonchev–Trinajstić information content (AvgIpc) is 2.40. The van der Waals surface area contributed by atoms with Crippen LogP contribution in [0, 0.1) is 0 Å². The van der Waals surface area contributed by atoms with E-state index in [9.17, 15) is 4.79 Å². The molecule has 0 radical (unpaired) electrons. The van der Waals surface area contributed by atoms with Gasteiger partial charge in [-0.1, -0.05) is 0 Å². The van der Waals surface area contributed by atoms with Gasteiger partial charge < -0.3 is 10.2 Å². The van der Waals surface area contributed by atoms with Crippen molar-refractivity contribution >= 4 is 5.91 Å². The second kappa shape index (κ2) is 5.91. The Morgan fingerprint density at radius 1 is 1.44 bits per heavy atom. The molecule has 1 aliphatic heterocycles. The Kier molecular flexibility index (Phi) is 4.25. The molecule has 1 atom stereocenters. The van der Waals surface area contributed by atoms with E-state index in [1.54, 1.807) is 25.5 Å². The first-order valence-electron chi connectivity index (χ1n) is 6.44. The Hall–Kier alpha value is -1.49. The second-order valence-electron chi connectivity index (χ2n) is 4.80. The van der Waals surface area contributed by atoms with Crippen molar-refractivity contribution in [3.63, 3.8) is 0 Å². The maximum atomic E-state index is 11.2. The van der Waals surface area contributed by atoms with Crippen molar-refractivity contribution in [1.82, 2.24) is 20.2 Å². The molecule has 1 amide bonds. The van der Waals surface area contributed by atoms with Gasteiger partial charge in [0.15, 0.2) is 0 Å². The number of piperidine rings is 1. The van der Waals surface area contributed by atoms with Crippen LogP contribution in [0.5, 0.6) is 0 Å². The molecule has 0 saturated carbocycles. The number of amides is 1. The molecule has 5 heteroatoms. The first-order chi connectivity index (χ1) is 8.66. The molecule has 0 bridgehead atoms. The number of carbonyl (C=O) groups excluding carboxylic acids is 1.